The number of aromatic amines is 1. The van der Waals surface area contributed by atoms with Gasteiger partial charge in [-0.1, -0.05) is 30.3 Å². The summed E-state index contributed by atoms with van der Waals surface area (Å²) in [4.78, 5) is 28.1. The summed E-state index contributed by atoms with van der Waals surface area (Å²) in [6.07, 6.45) is 0.937. The molecule has 1 unspecified atom stereocenters. The molecule has 23 heavy (non-hydrogen) atoms. The highest BCUT2D eigenvalue weighted by Gasteiger charge is 2.36. The summed E-state index contributed by atoms with van der Waals surface area (Å²) in [5, 5.41) is 0. The van der Waals surface area contributed by atoms with Gasteiger partial charge in [0.25, 0.3) is 11.5 Å². The maximum Gasteiger partial charge on any atom is 0.260 e. The minimum absolute atomic E-state index is 0.192. The molecule has 3 rings (SSSR count). The molecule has 1 fully saturated rings. The van der Waals surface area contributed by atoms with E-state index in [1.165, 1.54) is 4.90 Å². The van der Waals surface area contributed by atoms with Crippen LogP contribution in [0.4, 0.5) is 4.39 Å². The number of pyridine rings is 1. The number of benzene rings is 1. The molecule has 6 heteroatoms. The third-order valence-electron chi connectivity index (χ3n) is 4.04. The van der Waals surface area contributed by atoms with Crippen LogP contribution >= 0.6 is 0 Å². The van der Waals surface area contributed by atoms with E-state index >= 15 is 0 Å². The fraction of sp³-hybridized carbons (Fsp3) is 0.294. The van der Waals surface area contributed by atoms with E-state index < -0.39 is 22.9 Å². The van der Waals surface area contributed by atoms with Crippen LogP contribution in [0.15, 0.2) is 47.4 Å². The molecule has 1 saturated heterocycles. The van der Waals surface area contributed by atoms with Gasteiger partial charge in [0, 0.05) is 12.7 Å². The fourth-order valence-corrected chi connectivity index (χ4v) is 2.80. The zero-order valence-electron chi connectivity index (χ0n) is 12.7. The summed E-state index contributed by atoms with van der Waals surface area (Å²) in [5.74, 6) is -1.14. The van der Waals surface area contributed by atoms with E-state index in [2.05, 4.69) is 4.98 Å². The Bertz CT molecular complexity index is 775. The molecule has 1 aliphatic rings. The van der Waals surface area contributed by atoms with Crippen molar-refractivity contribution in [1.82, 2.24) is 9.88 Å². The van der Waals surface area contributed by atoms with Crippen LogP contribution in [0.1, 0.15) is 22.8 Å². The van der Waals surface area contributed by atoms with E-state index in [0.29, 0.717) is 19.7 Å². The summed E-state index contributed by atoms with van der Waals surface area (Å²) in [6.45, 7) is 2.91. The molecule has 120 valence electrons. The van der Waals surface area contributed by atoms with Crippen molar-refractivity contribution in [3.8, 4) is 0 Å². The summed E-state index contributed by atoms with van der Waals surface area (Å²) in [7, 11) is 0. The molecule has 0 bridgehead atoms. The molecule has 1 aromatic carbocycles. The standard InChI is InChI=1S/C17H17FN2O3/c1-17(12-5-3-2-4-6-12)11-20(7-8-23-17)16(22)14-9-13(18)10-19-15(14)21/h2-6,9-10H,7-8,11H2,1H3,(H,19,21). The Labute approximate surface area is 132 Å². The lowest BCUT2D eigenvalue weighted by atomic mass is 9.93. The van der Waals surface area contributed by atoms with E-state index in [1.54, 1.807) is 0 Å². The number of halogens is 1. The van der Waals surface area contributed by atoms with E-state index in [1.807, 2.05) is 37.3 Å². The quantitative estimate of drug-likeness (QED) is 0.920. The first-order chi connectivity index (χ1) is 11.0. The van der Waals surface area contributed by atoms with E-state index in [9.17, 15) is 14.0 Å². The van der Waals surface area contributed by atoms with E-state index in [4.69, 9.17) is 4.74 Å². The predicted molar refractivity (Wildman–Crippen MR) is 82.7 cm³/mol. The van der Waals surface area contributed by atoms with Crippen molar-refractivity contribution in [3.63, 3.8) is 0 Å². The number of carbonyl (C=O) groups is 1. The first-order valence-electron chi connectivity index (χ1n) is 7.37. The molecule has 1 N–H and O–H groups in total. The third kappa shape index (κ3) is 3.03. The Morgan fingerprint density at radius 3 is 2.83 bits per heavy atom. The van der Waals surface area contributed by atoms with Gasteiger partial charge in [-0.25, -0.2) is 4.39 Å². The first kappa shape index (κ1) is 15.4. The van der Waals surface area contributed by atoms with Crippen LogP contribution in [-0.4, -0.2) is 35.5 Å². The Kier molecular flexibility index (Phi) is 4.00. The summed E-state index contributed by atoms with van der Waals surface area (Å²) < 4.78 is 19.2. The van der Waals surface area contributed by atoms with Gasteiger partial charge in [0.15, 0.2) is 0 Å². The number of aromatic nitrogens is 1. The number of rotatable bonds is 2. The molecule has 5 nitrogen and oxygen atoms in total. The van der Waals surface area contributed by atoms with Crippen molar-refractivity contribution in [2.24, 2.45) is 0 Å². The zero-order valence-corrected chi connectivity index (χ0v) is 12.7. The van der Waals surface area contributed by atoms with Crippen LogP contribution in [0.2, 0.25) is 0 Å². The van der Waals surface area contributed by atoms with Crippen LogP contribution in [-0.2, 0) is 10.3 Å². The maximum absolute atomic E-state index is 13.3. The molecule has 2 aromatic rings. The van der Waals surface area contributed by atoms with Crippen LogP contribution < -0.4 is 5.56 Å². The fourth-order valence-electron chi connectivity index (χ4n) is 2.80. The number of hydrogen-bond acceptors (Lipinski definition) is 3. The van der Waals surface area contributed by atoms with Gasteiger partial charge in [0.2, 0.25) is 0 Å². The van der Waals surface area contributed by atoms with Gasteiger partial charge in [-0.15, -0.1) is 0 Å². The minimum Gasteiger partial charge on any atom is -0.367 e. The van der Waals surface area contributed by atoms with Gasteiger partial charge in [0.05, 0.1) is 13.2 Å². The second-order valence-electron chi connectivity index (χ2n) is 5.73. The van der Waals surface area contributed by atoms with Gasteiger partial charge in [0.1, 0.15) is 17.0 Å². The molecule has 0 saturated carbocycles. The number of nitrogens with one attached hydrogen (secondary N) is 1. The van der Waals surface area contributed by atoms with Crippen molar-refractivity contribution < 1.29 is 13.9 Å². The maximum atomic E-state index is 13.3. The third-order valence-corrected chi connectivity index (χ3v) is 4.04. The Hall–Kier alpha value is -2.47. The summed E-state index contributed by atoms with van der Waals surface area (Å²) in [5.41, 5.74) is -0.493. The van der Waals surface area contributed by atoms with Crippen LogP contribution in [0.5, 0.6) is 0 Å². The molecule has 1 aliphatic heterocycles. The number of ether oxygens (including phenoxy) is 1. The number of hydrogen-bond donors (Lipinski definition) is 1. The number of H-pyrrole nitrogens is 1. The largest absolute Gasteiger partial charge is 0.367 e. The van der Waals surface area contributed by atoms with Crippen molar-refractivity contribution in [2.45, 2.75) is 12.5 Å². The molecule has 0 radical (unpaired) electrons. The SMILES string of the molecule is CC1(c2ccccc2)CN(C(=O)c2cc(F)c[nH]c2=O)CCO1. The lowest BCUT2D eigenvalue weighted by molar-refractivity contribution is -0.0931. The number of nitrogens with zero attached hydrogens (tertiary/aromatic N) is 1. The summed E-state index contributed by atoms with van der Waals surface area (Å²) in [6, 6.07) is 10.6. The predicted octanol–water partition coefficient (Wildman–Crippen LogP) is 1.90. The Balaban J connectivity index is 1.88. The van der Waals surface area contributed by atoms with Gasteiger partial charge >= 0.3 is 0 Å². The van der Waals surface area contributed by atoms with Gasteiger partial charge in [-0.05, 0) is 18.6 Å². The van der Waals surface area contributed by atoms with Crippen molar-refractivity contribution in [2.75, 3.05) is 19.7 Å². The van der Waals surface area contributed by atoms with Gasteiger partial charge in [-0.2, -0.15) is 0 Å². The van der Waals surface area contributed by atoms with Crippen LogP contribution in [0, 0.1) is 5.82 Å². The smallest absolute Gasteiger partial charge is 0.260 e. The van der Waals surface area contributed by atoms with Gasteiger partial charge < -0.3 is 14.6 Å². The van der Waals surface area contributed by atoms with Gasteiger partial charge in [-0.3, -0.25) is 9.59 Å². The lowest BCUT2D eigenvalue weighted by Gasteiger charge is -2.40. The van der Waals surface area contributed by atoms with E-state index in [0.717, 1.165) is 17.8 Å². The molecule has 1 aromatic heterocycles. The number of morpholine rings is 1. The molecule has 0 aliphatic carbocycles. The lowest BCUT2D eigenvalue weighted by Crippen LogP contribution is -2.51. The second-order valence-corrected chi connectivity index (χ2v) is 5.73. The Morgan fingerprint density at radius 1 is 1.35 bits per heavy atom. The highest BCUT2D eigenvalue weighted by molar-refractivity contribution is 5.94. The average Bonchev–Trinajstić information content (AvgIpc) is 2.57. The molecular weight excluding hydrogens is 299 g/mol. The van der Waals surface area contributed by atoms with Crippen molar-refractivity contribution >= 4 is 5.91 Å². The first-order valence-corrected chi connectivity index (χ1v) is 7.37. The highest BCUT2D eigenvalue weighted by atomic mass is 19.1. The summed E-state index contributed by atoms with van der Waals surface area (Å²) >= 11 is 0. The molecular formula is C17H17FN2O3. The van der Waals surface area contributed by atoms with Crippen molar-refractivity contribution in [3.05, 3.63) is 69.9 Å². The minimum atomic E-state index is -0.657. The average molecular weight is 316 g/mol. The Morgan fingerprint density at radius 2 is 2.09 bits per heavy atom. The topological polar surface area (TPSA) is 62.4 Å². The van der Waals surface area contributed by atoms with E-state index in [-0.39, 0.29) is 5.56 Å². The second kappa shape index (κ2) is 5.96. The van der Waals surface area contributed by atoms with Crippen LogP contribution in [0.25, 0.3) is 0 Å². The van der Waals surface area contributed by atoms with Crippen molar-refractivity contribution in [1.29, 1.82) is 0 Å². The highest BCUT2D eigenvalue weighted by Crippen LogP contribution is 2.29. The number of carbonyl (C=O) groups excluding carboxylic acids is 1. The zero-order chi connectivity index (χ0) is 16.4. The molecule has 0 spiro atoms. The molecule has 2 heterocycles. The normalized spacial score (nSPS) is 21.2. The monoisotopic (exact) mass is 316 g/mol. The van der Waals surface area contributed by atoms with Crippen LogP contribution in [0.3, 0.4) is 0 Å². The molecule has 1 amide bonds. The molecule has 1 atom stereocenters. The number of amides is 1.